The average molecular weight is 757 g/mol. The van der Waals surface area contributed by atoms with E-state index in [1.807, 2.05) is 18.2 Å². The molecule has 0 saturated heterocycles. The Morgan fingerprint density at radius 3 is 1.13 bits per heavy atom. The first-order valence-corrected chi connectivity index (χ1v) is 22.7. The van der Waals surface area contributed by atoms with Crippen LogP contribution in [0.4, 0.5) is 0 Å². The predicted molar refractivity (Wildman–Crippen MR) is 229 cm³/mol. The van der Waals surface area contributed by atoms with Gasteiger partial charge in [-0.15, -0.1) is 0 Å². The lowest BCUT2D eigenvalue weighted by Gasteiger charge is -2.18. The summed E-state index contributed by atoms with van der Waals surface area (Å²) in [5.74, 6) is -0.904. The van der Waals surface area contributed by atoms with E-state index < -0.39 is 6.10 Å². The van der Waals surface area contributed by atoms with Crippen molar-refractivity contribution in [2.75, 3.05) is 13.2 Å². The first kappa shape index (κ1) is 51.4. The summed E-state index contributed by atoms with van der Waals surface area (Å²) in [6, 6.07) is 0. The molecule has 0 aromatic heterocycles. The summed E-state index contributed by atoms with van der Waals surface area (Å²) in [5, 5.41) is 0. The summed E-state index contributed by atoms with van der Waals surface area (Å²) in [6.45, 7) is 6.45. The quantitative estimate of drug-likeness (QED) is 0.0268. The van der Waals surface area contributed by atoms with Gasteiger partial charge in [0.25, 0.3) is 0 Å². The van der Waals surface area contributed by atoms with Gasteiger partial charge in [-0.2, -0.15) is 0 Å². The fourth-order valence-electron chi connectivity index (χ4n) is 6.28. The lowest BCUT2D eigenvalue weighted by Crippen LogP contribution is -2.30. The van der Waals surface area contributed by atoms with E-state index in [4.69, 9.17) is 14.2 Å². The average Bonchev–Trinajstić information content (AvgIpc) is 3.17. The fourth-order valence-corrected chi connectivity index (χ4v) is 6.28. The summed E-state index contributed by atoms with van der Waals surface area (Å²) in [5.41, 5.74) is 0. The van der Waals surface area contributed by atoms with Gasteiger partial charge in [0.05, 0.1) is 0 Å². The van der Waals surface area contributed by atoms with Crippen LogP contribution in [-0.2, 0) is 28.6 Å². The van der Waals surface area contributed by atoms with Crippen LogP contribution in [0.25, 0.3) is 0 Å². The van der Waals surface area contributed by atoms with Gasteiger partial charge in [-0.25, -0.2) is 0 Å². The first-order chi connectivity index (χ1) is 26.5. The molecule has 312 valence electrons. The summed E-state index contributed by atoms with van der Waals surface area (Å²) < 4.78 is 16.7. The number of allylic oxidation sites excluding steroid dienone is 8. The van der Waals surface area contributed by atoms with Gasteiger partial charge in [-0.3, -0.25) is 14.4 Å². The van der Waals surface area contributed by atoms with E-state index in [1.165, 1.54) is 96.3 Å². The molecule has 0 aliphatic rings. The zero-order valence-corrected chi connectivity index (χ0v) is 35.5. The molecule has 0 aromatic rings. The van der Waals surface area contributed by atoms with Crippen LogP contribution in [0.1, 0.15) is 220 Å². The molecule has 6 heteroatoms. The van der Waals surface area contributed by atoms with E-state index in [9.17, 15) is 14.4 Å². The Morgan fingerprint density at radius 2 is 0.722 bits per heavy atom. The zero-order valence-electron chi connectivity index (χ0n) is 35.5. The Labute approximate surface area is 333 Å². The van der Waals surface area contributed by atoms with Gasteiger partial charge in [0, 0.05) is 19.3 Å². The number of carbonyl (C=O) groups is 3. The highest BCUT2D eigenvalue weighted by Crippen LogP contribution is 2.15. The number of rotatable bonds is 40. The summed E-state index contributed by atoms with van der Waals surface area (Å²) in [4.78, 5) is 37.7. The number of unbranched alkanes of at least 4 members (excludes halogenated alkanes) is 24. The second-order valence-electron chi connectivity index (χ2n) is 15.0. The highest BCUT2D eigenvalue weighted by molar-refractivity contribution is 5.71. The number of esters is 3. The molecule has 1 unspecified atom stereocenters. The van der Waals surface area contributed by atoms with Gasteiger partial charge in [0.2, 0.25) is 0 Å². The van der Waals surface area contributed by atoms with Crippen molar-refractivity contribution in [1.29, 1.82) is 0 Å². The van der Waals surface area contributed by atoms with Crippen molar-refractivity contribution in [3.8, 4) is 0 Å². The molecule has 1 atom stereocenters. The third-order valence-electron chi connectivity index (χ3n) is 9.69. The van der Waals surface area contributed by atoms with Crippen LogP contribution in [0.3, 0.4) is 0 Å². The van der Waals surface area contributed by atoms with Crippen molar-refractivity contribution >= 4 is 17.9 Å². The first-order valence-electron chi connectivity index (χ1n) is 22.7. The fraction of sp³-hybridized carbons (Fsp3) is 0.771. The molecule has 0 aromatic carbocycles. The van der Waals surface area contributed by atoms with Gasteiger partial charge < -0.3 is 14.2 Å². The third kappa shape index (κ3) is 40.6. The molecular formula is C48H84O6. The van der Waals surface area contributed by atoms with Crippen molar-refractivity contribution in [2.24, 2.45) is 0 Å². The minimum absolute atomic E-state index is 0.0784. The van der Waals surface area contributed by atoms with E-state index in [0.29, 0.717) is 19.3 Å². The van der Waals surface area contributed by atoms with Crippen molar-refractivity contribution in [2.45, 2.75) is 226 Å². The molecule has 0 N–H and O–H groups in total. The number of ether oxygens (including phenoxy) is 3. The minimum atomic E-state index is -0.775. The van der Waals surface area contributed by atoms with Crippen LogP contribution in [0.15, 0.2) is 48.6 Å². The van der Waals surface area contributed by atoms with Crippen molar-refractivity contribution < 1.29 is 28.6 Å². The van der Waals surface area contributed by atoms with Crippen molar-refractivity contribution in [3.63, 3.8) is 0 Å². The van der Waals surface area contributed by atoms with E-state index in [1.54, 1.807) is 0 Å². The normalized spacial score (nSPS) is 12.4. The topological polar surface area (TPSA) is 78.9 Å². The number of carbonyl (C=O) groups excluding carboxylic acids is 3. The Bertz CT molecular complexity index is 964. The molecular weight excluding hydrogens is 673 g/mol. The molecule has 0 saturated carbocycles. The number of hydrogen-bond acceptors (Lipinski definition) is 6. The molecule has 0 amide bonds. The maximum absolute atomic E-state index is 12.7. The highest BCUT2D eigenvalue weighted by Gasteiger charge is 2.19. The van der Waals surface area contributed by atoms with Gasteiger partial charge in [0.1, 0.15) is 13.2 Å². The predicted octanol–water partition coefficient (Wildman–Crippen LogP) is 14.4. The van der Waals surface area contributed by atoms with Crippen LogP contribution in [-0.4, -0.2) is 37.2 Å². The smallest absolute Gasteiger partial charge is 0.306 e. The molecule has 0 radical (unpaired) electrons. The summed E-state index contributed by atoms with van der Waals surface area (Å²) >= 11 is 0. The Hall–Kier alpha value is -2.63. The van der Waals surface area contributed by atoms with E-state index in [2.05, 4.69) is 51.2 Å². The summed E-state index contributed by atoms with van der Waals surface area (Å²) in [7, 11) is 0. The Balaban J connectivity index is 4.39. The second-order valence-corrected chi connectivity index (χ2v) is 15.0. The summed E-state index contributed by atoms with van der Waals surface area (Å²) in [6.07, 6.45) is 49.5. The van der Waals surface area contributed by atoms with Crippen LogP contribution >= 0.6 is 0 Å². The maximum Gasteiger partial charge on any atom is 0.306 e. The van der Waals surface area contributed by atoms with E-state index >= 15 is 0 Å². The van der Waals surface area contributed by atoms with Gasteiger partial charge in [-0.05, 0) is 38.5 Å². The zero-order chi connectivity index (χ0) is 39.4. The molecule has 6 nitrogen and oxygen atoms in total. The third-order valence-corrected chi connectivity index (χ3v) is 9.69. The van der Waals surface area contributed by atoms with Crippen LogP contribution in [0, 0.1) is 0 Å². The van der Waals surface area contributed by atoms with Gasteiger partial charge in [0.15, 0.2) is 6.10 Å². The molecule has 0 aliphatic heterocycles. The molecule has 0 bridgehead atoms. The highest BCUT2D eigenvalue weighted by atomic mass is 16.6. The SMILES string of the molecule is CC\C=C/C=C\C=C/C=C\CCCCCCCC(=O)OCC(COC(=O)CCCCCCCCCCC)OC(=O)CCCCCCCCCCCCCC. The number of hydrogen-bond donors (Lipinski definition) is 0. The van der Waals surface area contributed by atoms with Crippen LogP contribution in [0.5, 0.6) is 0 Å². The Morgan fingerprint density at radius 1 is 0.389 bits per heavy atom. The molecule has 0 rings (SSSR count). The largest absolute Gasteiger partial charge is 0.462 e. The minimum Gasteiger partial charge on any atom is -0.462 e. The molecule has 0 fully saturated rings. The maximum atomic E-state index is 12.7. The second kappa shape index (κ2) is 43.1. The van der Waals surface area contributed by atoms with Crippen molar-refractivity contribution in [3.05, 3.63) is 48.6 Å². The lowest BCUT2D eigenvalue weighted by atomic mass is 10.0. The van der Waals surface area contributed by atoms with Gasteiger partial charge in [-0.1, -0.05) is 211 Å². The van der Waals surface area contributed by atoms with Gasteiger partial charge >= 0.3 is 17.9 Å². The van der Waals surface area contributed by atoms with Crippen molar-refractivity contribution in [1.82, 2.24) is 0 Å². The van der Waals surface area contributed by atoms with E-state index in [-0.39, 0.29) is 31.1 Å². The Kier molecular flexibility index (Phi) is 41.0. The molecule has 0 heterocycles. The molecule has 54 heavy (non-hydrogen) atoms. The standard InChI is InChI=1S/C48H84O6/c1-4-7-10-13-16-19-21-23-24-25-27-29-32-35-38-41-47(50)53-44-45(43-52-46(49)40-37-34-31-28-18-15-12-9-6-3)54-48(51)42-39-36-33-30-26-22-20-17-14-11-8-5-2/h7,10,13,16,19,21,23-24,45H,4-6,8-9,11-12,14-15,17-18,20,22,25-44H2,1-3H3/b10-7-,16-13-,21-19-,24-23-. The van der Waals surface area contributed by atoms with Crippen LogP contribution < -0.4 is 0 Å². The van der Waals surface area contributed by atoms with Crippen LogP contribution in [0.2, 0.25) is 0 Å². The monoisotopic (exact) mass is 757 g/mol. The molecule has 0 spiro atoms. The molecule has 0 aliphatic carbocycles. The van der Waals surface area contributed by atoms with E-state index in [0.717, 1.165) is 83.5 Å². The lowest BCUT2D eigenvalue weighted by molar-refractivity contribution is -0.167.